The molecule has 0 saturated carbocycles. The topological polar surface area (TPSA) is 94.9 Å². The first-order chi connectivity index (χ1) is 15.6. The second-order valence-electron chi connectivity index (χ2n) is 8.79. The number of aromatic hydroxyl groups is 1. The van der Waals surface area contributed by atoms with Gasteiger partial charge in [-0.05, 0) is 57.7 Å². The van der Waals surface area contributed by atoms with Gasteiger partial charge in [-0.2, -0.15) is 0 Å². The Kier molecular flexibility index (Phi) is 5.85. The minimum absolute atomic E-state index is 0.0274. The van der Waals surface area contributed by atoms with Crippen LogP contribution in [0.2, 0.25) is 0 Å². The van der Waals surface area contributed by atoms with Gasteiger partial charge in [0.15, 0.2) is 11.4 Å². The number of hydrogen-bond acceptors (Lipinski definition) is 5. The molecule has 0 aliphatic carbocycles. The van der Waals surface area contributed by atoms with Crippen molar-refractivity contribution in [2.75, 3.05) is 11.7 Å². The van der Waals surface area contributed by atoms with E-state index in [1.807, 2.05) is 18.9 Å². The molecule has 33 heavy (non-hydrogen) atoms. The van der Waals surface area contributed by atoms with Crippen molar-refractivity contribution >= 4 is 11.8 Å². The molecule has 2 aliphatic rings. The van der Waals surface area contributed by atoms with Crippen molar-refractivity contribution in [2.45, 2.75) is 58.7 Å². The maximum Gasteiger partial charge on any atom is 0.278 e. The van der Waals surface area contributed by atoms with Gasteiger partial charge in [-0.1, -0.05) is 0 Å². The van der Waals surface area contributed by atoms with Crippen molar-refractivity contribution in [2.24, 2.45) is 0 Å². The van der Waals surface area contributed by atoms with E-state index in [0.29, 0.717) is 5.56 Å². The summed E-state index contributed by atoms with van der Waals surface area (Å²) in [6, 6.07) is 2.19. The lowest BCUT2D eigenvalue weighted by atomic mass is 10.0. The molecule has 3 heterocycles. The second kappa shape index (κ2) is 8.49. The van der Waals surface area contributed by atoms with E-state index in [-0.39, 0.29) is 30.0 Å². The molecule has 1 aromatic carbocycles. The lowest BCUT2D eigenvalue weighted by Crippen LogP contribution is -2.60. The Morgan fingerprint density at radius 1 is 1.15 bits per heavy atom. The lowest BCUT2D eigenvalue weighted by Gasteiger charge is -2.46. The Hall–Kier alpha value is -3.43. The third-order valence-electron chi connectivity index (χ3n) is 6.44. The average molecular weight is 460 g/mol. The Morgan fingerprint density at radius 2 is 1.79 bits per heavy atom. The van der Waals surface area contributed by atoms with Crippen molar-refractivity contribution in [3.8, 4) is 5.75 Å². The fourth-order valence-corrected chi connectivity index (χ4v) is 4.44. The molecule has 0 unspecified atom stereocenters. The first-order valence-corrected chi connectivity index (χ1v) is 10.9. The van der Waals surface area contributed by atoms with E-state index in [1.165, 1.54) is 10.9 Å². The predicted molar refractivity (Wildman–Crippen MR) is 117 cm³/mol. The maximum atomic E-state index is 14.1. The van der Waals surface area contributed by atoms with Gasteiger partial charge in [-0.3, -0.25) is 24.1 Å². The summed E-state index contributed by atoms with van der Waals surface area (Å²) in [5, 5.41) is 14.8. The summed E-state index contributed by atoms with van der Waals surface area (Å²) in [7, 11) is 0. The molecule has 1 aromatic heterocycles. The first-order valence-electron chi connectivity index (χ1n) is 10.9. The van der Waals surface area contributed by atoms with Crippen molar-refractivity contribution in [3.05, 3.63) is 62.6 Å². The number of aromatic nitrogens is 1. The number of nitrogens with zero attached hydrogens (tertiary/aromatic N) is 3. The smallest absolute Gasteiger partial charge is 0.278 e. The highest BCUT2D eigenvalue weighted by Gasteiger charge is 2.38. The quantitative estimate of drug-likeness (QED) is 0.734. The molecule has 2 bridgehead atoms. The van der Waals surface area contributed by atoms with E-state index in [1.54, 1.807) is 11.8 Å². The van der Waals surface area contributed by atoms with Crippen LogP contribution < -0.4 is 15.8 Å². The van der Waals surface area contributed by atoms with E-state index in [2.05, 4.69) is 5.32 Å². The number of amides is 2. The predicted octanol–water partition coefficient (Wildman–Crippen LogP) is 2.38. The summed E-state index contributed by atoms with van der Waals surface area (Å²) in [5.74, 6) is -3.85. The zero-order valence-electron chi connectivity index (χ0n) is 18.7. The van der Waals surface area contributed by atoms with Gasteiger partial charge in [-0.25, -0.2) is 8.78 Å². The number of hydrogen-bond donors (Lipinski definition) is 2. The molecule has 0 radical (unpaired) electrons. The highest BCUT2D eigenvalue weighted by molar-refractivity contribution is 5.99. The molecule has 4 rings (SSSR count). The van der Waals surface area contributed by atoms with Gasteiger partial charge in [0.05, 0.1) is 0 Å². The monoisotopic (exact) mass is 460 g/mol. The molecule has 2 aliphatic heterocycles. The fraction of sp³-hybridized carbons (Fsp3) is 0.435. The molecule has 176 valence electrons. The van der Waals surface area contributed by atoms with Crippen LogP contribution in [0, 0.1) is 18.6 Å². The van der Waals surface area contributed by atoms with Crippen molar-refractivity contribution in [1.29, 1.82) is 0 Å². The van der Waals surface area contributed by atoms with Crippen molar-refractivity contribution in [3.63, 3.8) is 0 Å². The third kappa shape index (κ3) is 3.94. The SMILES string of the molecule is Cc1cc(F)c(CNC(=O)c2cn3c(c(O)c2=O)C(=O)N2CN3[C@@H](C)CCC[C@@H]2C)c(F)c1. The minimum Gasteiger partial charge on any atom is -0.502 e. The summed E-state index contributed by atoms with van der Waals surface area (Å²) in [4.78, 5) is 40.3. The summed E-state index contributed by atoms with van der Waals surface area (Å²) >= 11 is 0. The Labute approximate surface area is 189 Å². The van der Waals surface area contributed by atoms with E-state index in [9.17, 15) is 28.3 Å². The number of benzene rings is 1. The molecular weight excluding hydrogens is 434 g/mol. The molecule has 1 fully saturated rings. The van der Waals surface area contributed by atoms with Gasteiger partial charge in [0.2, 0.25) is 5.43 Å². The van der Waals surface area contributed by atoms with E-state index < -0.39 is 46.7 Å². The molecule has 8 nitrogen and oxygen atoms in total. The van der Waals surface area contributed by atoms with Crippen molar-refractivity contribution in [1.82, 2.24) is 14.9 Å². The number of carbonyl (C=O) groups excluding carboxylic acids is 2. The minimum atomic E-state index is -1.02. The van der Waals surface area contributed by atoms with Gasteiger partial charge in [0, 0.05) is 30.4 Å². The molecule has 2 aromatic rings. The Bertz CT molecular complexity index is 1170. The Balaban J connectivity index is 1.71. The molecular formula is C23H26F2N4O4. The molecule has 0 spiro atoms. The van der Waals surface area contributed by atoms with Gasteiger partial charge in [0.1, 0.15) is 23.9 Å². The van der Waals surface area contributed by atoms with Crippen LogP contribution in [0.15, 0.2) is 23.1 Å². The van der Waals surface area contributed by atoms with Crippen LogP contribution in [0.5, 0.6) is 5.75 Å². The van der Waals surface area contributed by atoms with Gasteiger partial charge in [-0.15, -0.1) is 0 Å². The second-order valence-corrected chi connectivity index (χ2v) is 8.79. The van der Waals surface area contributed by atoms with Gasteiger partial charge >= 0.3 is 0 Å². The lowest BCUT2D eigenvalue weighted by molar-refractivity contribution is 0.0565. The molecule has 2 N–H and O–H groups in total. The summed E-state index contributed by atoms with van der Waals surface area (Å²) < 4.78 is 29.6. The Morgan fingerprint density at radius 3 is 2.45 bits per heavy atom. The molecule has 1 saturated heterocycles. The van der Waals surface area contributed by atoms with Crippen LogP contribution in [0.4, 0.5) is 8.78 Å². The average Bonchev–Trinajstić information content (AvgIpc) is 2.74. The van der Waals surface area contributed by atoms with Crippen molar-refractivity contribution < 1.29 is 23.5 Å². The standard InChI is InChI=1S/C23H26F2N4O4/c1-12-7-17(24)15(18(25)8-12)9-26-22(32)16-10-28-19(21(31)20(16)30)23(33)27-11-29(28)14(3)6-4-5-13(27)2/h7-8,10,13-14,31H,4-6,9,11H2,1-3H3,(H,26,32)/t13-,14-/m0/s1. The molecule has 10 heteroatoms. The van der Waals surface area contributed by atoms with E-state index >= 15 is 0 Å². The molecule has 2 atom stereocenters. The number of halogens is 2. The third-order valence-corrected chi connectivity index (χ3v) is 6.44. The van der Waals surface area contributed by atoms with Crippen LogP contribution in [-0.4, -0.2) is 45.2 Å². The summed E-state index contributed by atoms with van der Waals surface area (Å²) in [6.45, 7) is 5.19. The fourth-order valence-electron chi connectivity index (χ4n) is 4.44. The number of pyridine rings is 1. The van der Waals surface area contributed by atoms with Crippen LogP contribution in [0.25, 0.3) is 0 Å². The number of nitrogens with one attached hydrogen (secondary N) is 1. The van der Waals surface area contributed by atoms with Gasteiger partial charge < -0.3 is 15.3 Å². The summed E-state index contributed by atoms with van der Waals surface area (Å²) in [6.07, 6.45) is 3.74. The van der Waals surface area contributed by atoms with Crippen LogP contribution in [0.3, 0.4) is 0 Å². The number of carbonyl (C=O) groups is 2. The van der Waals surface area contributed by atoms with Crippen LogP contribution in [0.1, 0.15) is 65.1 Å². The zero-order valence-corrected chi connectivity index (χ0v) is 18.7. The van der Waals surface area contributed by atoms with Gasteiger partial charge in [0.25, 0.3) is 11.8 Å². The first kappa shape index (κ1) is 22.8. The molecule has 2 amide bonds. The number of rotatable bonds is 3. The van der Waals surface area contributed by atoms with E-state index in [4.69, 9.17) is 0 Å². The zero-order chi connectivity index (χ0) is 24.0. The largest absolute Gasteiger partial charge is 0.502 e. The normalized spacial score (nSPS) is 20.2. The highest BCUT2D eigenvalue weighted by atomic mass is 19.1. The number of aryl methyl sites for hydroxylation is 1. The van der Waals surface area contributed by atoms with Crippen LogP contribution >= 0.6 is 0 Å². The van der Waals surface area contributed by atoms with Crippen LogP contribution in [-0.2, 0) is 6.54 Å². The maximum absolute atomic E-state index is 14.1. The summed E-state index contributed by atoms with van der Waals surface area (Å²) in [5.41, 5.74) is -1.58. The highest BCUT2D eigenvalue weighted by Crippen LogP contribution is 2.28. The number of fused-ring (bicyclic) bond motifs is 4. The van der Waals surface area contributed by atoms with E-state index in [0.717, 1.165) is 31.4 Å².